The molecule has 3 aromatic rings. The molecule has 0 aliphatic heterocycles. The summed E-state index contributed by atoms with van der Waals surface area (Å²) in [5, 5.41) is 6.86. The number of aryl methyl sites for hydroxylation is 2. The van der Waals surface area contributed by atoms with Gasteiger partial charge in [-0.1, -0.05) is 30.3 Å². The number of carbonyl (C=O) groups is 1. The third-order valence-electron chi connectivity index (χ3n) is 4.75. The van der Waals surface area contributed by atoms with Gasteiger partial charge in [-0.3, -0.25) is 10.1 Å². The van der Waals surface area contributed by atoms with Gasteiger partial charge < -0.3 is 10.1 Å². The highest BCUT2D eigenvalue weighted by Crippen LogP contribution is 2.27. The van der Waals surface area contributed by atoms with Gasteiger partial charge in [0.1, 0.15) is 16.7 Å². The molecular weight excluding hydrogens is 402 g/mol. The Labute approximate surface area is 179 Å². The van der Waals surface area contributed by atoms with Gasteiger partial charge in [0.25, 0.3) is 5.91 Å². The van der Waals surface area contributed by atoms with Crippen LogP contribution in [0.25, 0.3) is 0 Å². The van der Waals surface area contributed by atoms with E-state index in [0.717, 1.165) is 29.3 Å². The number of carbonyl (C=O) groups excluding carboxylic acids is 1. The summed E-state index contributed by atoms with van der Waals surface area (Å²) >= 11 is 6.65. The molecule has 2 N–H and O–H groups in total. The number of thiocarbonyl (C=S) groups is 1. The minimum absolute atomic E-state index is 0.131. The maximum atomic E-state index is 12.4. The number of amides is 1. The van der Waals surface area contributed by atoms with Crippen molar-refractivity contribution in [3.63, 3.8) is 0 Å². The van der Waals surface area contributed by atoms with Crippen molar-refractivity contribution in [2.45, 2.75) is 32.8 Å². The van der Waals surface area contributed by atoms with Crippen molar-refractivity contribution in [3.05, 3.63) is 75.2 Å². The fraction of sp³-hybridized carbons (Fsp3) is 0.227. The van der Waals surface area contributed by atoms with Crippen molar-refractivity contribution in [1.82, 2.24) is 10.3 Å². The van der Waals surface area contributed by atoms with Crippen LogP contribution in [0.4, 0.5) is 5.69 Å². The summed E-state index contributed by atoms with van der Waals surface area (Å²) in [6, 6.07) is 16.1. The van der Waals surface area contributed by atoms with Crippen LogP contribution in [0.1, 0.15) is 31.5 Å². The van der Waals surface area contributed by atoms with Gasteiger partial charge in [-0.25, -0.2) is 4.98 Å². The van der Waals surface area contributed by atoms with Crippen LogP contribution in [0.15, 0.2) is 48.5 Å². The second-order valence-electron chi connectivity index (χ2n) is 7.00. The zero-order valence-corrected chi connectivity index (χ0v) is 17.8. The molecule has 0 saturated heterocycles. The Balaban J connectivity index is 1.36. The molecule has 29 heavy (non-hydrogen) atoms. The van der Waals surface area contributed by atoms with E-state index in [2.05, 4.69) is 39.9 Å². The number of hydrogen-bond donors (Lipinski definition) is 2. The van der Waals surface area contributed by atoms with E-state index < -0.39 is 0 Å². The number of ether oxygens (including phenoxy) is 1. The van der Waals surface area contributed by atoms with Crippen LogP contribution in [0.5, 0.6) is 5.75 Å². The maximum Gasteiger partial charge on any atom is 0.269 e. The molecule has 1 heterocycles. The minimum atomic E-state index is -0.248. The molecule has 0 spiro atoms. The normalized spacial score (nSPS) is 13.0. The standard InChI is InChI=1S/C22H21N3O2S2/c1-13-20(29-14(2)23-13)21(26)25-22(28)24-17-8-5-9-18(12-17)27-19-10-15-6-3-4-7-16(15)11-19/h3-9,12,19H,10-11H2,1-2H3,(H2,24,25,26,28). The minimum Gasteiger partial charge on any atom is -0.490 e. The highest BCUT2D eigenvalue weighted by atomic mass is 32.1. The Morgan fingerprint density at radius 2 is 1.86 bits per heavy atom. The Kier molecular flexibility index (Phi) is 5.60. The van der Waals surface area contributed by atoms with Gasteiger partial charge in [0, 0.05) is 24.6 Å². The van der Waals surface area contributed by atoms with E-state index in [1.54, 1.807) is 0 Å². The van der Waals surface area contributed by atoms with Gasteiger partial charge in [-0.2, -0.15) is 0 Å². The molecule has 0 atom stereocenters. The Bertz CT molecular complexity index is 1050. The molecule has 0 radical (unpaired) electrons. The van der Waals surface area contributed by atoms with Gasteiger partial charge in [-0.15, -0.1) is 11.3 Å². The lowest BCUT2D eigenvalue weighted by Crippen LogP contribution is -2.34. The average Bonchev–Trinajstić information content (AvgIpc) is 3.23. The third-order valence-corrected chi connectivity index (χ3v) is 6.02. The highest BCUT2D eigenvalue weighted by Gasteiger charge is 2.22. The van der Waals surface area contributed by atoms with Gasteiger partial charge in [0.15, 0.2) is 5.11 Å². The number of rotatable bonds is 4. The summed E-state index contributed by atoms with van der Waals surface area (Å²) in [5.41, 5.74) is 4.18. The van der Waals surface area contributed by atoms with Crippen LogP contribution in [0.3, 0.4) is 0 Å². The summed E-state index contributed by atoms with van der Waals surface area (Å²) in [5.74, 6) is 0.526. The summed E-state index contributed by atoms with van der Waals surface area (Å²) in [6.45, 7) is 3.69. The van der Waals surface area contributed by atoms with Gasteiger partial charge in [0.05, 0.1) is 10.7 Å². The summed E-state index contributed by atoms with van der Waals surface area (Å²) in [4.78, 5) is 17.2. The first-order chi connectivity index (χ1) is 14.0. The molecule has 4 rings (SSSR count). The lowest BCUT2D eigenvalue weighted by molar-refractivity contribution is 0.0981. The second kappa shape index (κ2) is 8.31. The smallest absolute Gasteiger partial charge is 0.269 e. The van der Waals surface area contributed by atoms with Crippen LogP contribution >= 0.6 is 23.6 Å². The molecule has 1 amide bonds. The average molecular weight is 424 g/mol. The van der Waals surface area contributed by atoms with Gasteiger partial charge in [0.2, 0.25) is 0 Å². The van der Waals surface area contributed by atoms with Crippen molar-refractivity contribution >= 4 is 40.3 Å². The molecule has 0 unspecified atom stereocenters. The van der Waals surface area contributed by atoms with E-state index in [0.29, 0.717) is 10.6 Å². The molecule has 2 aromatic carbocycles. The molecule has 1 aliphatic carbocycles. The monoisotopic (exact) mass is 423 g/mol. The van der Waals surface area contributed by atoms with E-state index in [9.17, 15) is 4.79 Å². The molecule has 148 valence electrons. The number of anilines is 1. The van der Waals surface area contributed by atoms with Crippen molar-refractivity contribution in [3.8, 4) is 5.75 Å². The largest absolute Gasteiger partial charge is 0.490 e. The zero-order chi connectivity index (χ0) is 20.4. The highest BCUT2D eigenvalue weighted by molar-refractivity contribution is 7.80. The van der Waals surface area contributed by atoms with Gasteiger partial charge >= 0.3 is 0 Å². The predicted molar refractivity (Wildman–Crippen MR) is 120 cm³/mol. The first kappa shape index (κ1) is 19.5. The van der Waals surface area contributed by atoms with E-state index in [1.807, 2.05) is 38.1 Å². The summed E-state index contributed by atoms with van der Waals surface area (Å²) in [7, 11) is 0. The van der Waals surface area contributed by atoms with E-state index in [-0.39, 0.29) is 17.1 Å². The quantitative estimate of drug-likeness (QED) is 0.608. The van der Waals surface area contributed by atoms with E-state index in [4.69, 9.17) is 17.0 Å². The van der Waals surface area contributed by atoms with Crippen molar-refractivity contribution in [2.24, 2.45) is 0 Å². The van der Waals surface area contributed by atoms with Crippen LogP contribution in [-0.4, -0.2) is 22.1 Å². The SMILES string of the molecule is Cc1nc(C)c(C(=O)NC(=S)Nc2cccc(OC3Cc4ccccc4C3)c2)s1. The van der Waals surface area contributed by atoms with Crippen molar-refractivity contribution in [2.75, 3.05) is 5.32 Å². The topological polar surface area (TPSA) is 63.2 Å². The third kappa shape index (κ3) is 4.63. The molecule has 0 saturated carbocycles. The fourth-order valence-electron chi connectivity index (χ4n) is 3.51. The number of thiazole rings is 1. The Hall–Kier alpha value is -2.77. The van der Waals surface area contributed by atoms with E-state index >= 15 is 0 Å². The fourth-order valence-corrected chi connectivity index (χ4v) is 4.53. The molecule has 5 nitrogen and oxygen atoms in total. The number of fused-ring (bicyclic) bond motifs is 1. The molecule has 7 heteroatoms. The van der Waals surface area contributed by atoms with Gasteiger partial charge in [-0.05, 0) is 49.3 Å². The summed E-state index contributed by atoms with van der Waals surface area (Å²) in [6.07, 6.45) is 1.96. The second-order valence-corrected chi connectivity index (χ2v) is 8.61. The van der Waals surface area contributed by atoms with E-state index in [1.165, 1.54) is 22.5 Å². The molecule has 0 bridgehead atoms. The zero-order valence-electron chi connectivity index (χ0n) is 16.2. The number of benzene rings is 2. The summed E-state index contributed by atoms with van der Waals surface area (Å²) < 4.78 is 6.17. The number of nitrogens with zero attached hydrogens (tertiary/aromatic N) is 1. The number of nitrogens with one attached hydrogen (secondary N) is 2. The Morgan fingerprint density at radius 3 is 2.52 bits per heavy atom. The lowest BCUT2D eigenvalue weighted by atomic mass is 10.1. The maximum absolute atomic E-state index is 12.4. The Morgan fingerprint density at radius 1 is 1.14 bits per heavy atom. The van der Waals surface area contributed by atoms with Crippen LogP contribution < -0.4 is 15.4 Å². The molecule has 1 aliphatic rings. The van der Waals surface area contributed by atoms with Crippen LogP contribution in [0, 0.1) is 13.8 Å². The van der Waals surface area contributed by atoms with Crippen molar-refractivity contribution < 1.29 is 9.53 Å². The number of aromatic nitrogens is 1. The molecule has 1 aromatic heterocycles. The van der Waals surface area contributed by atoms with Crippen LogP contribution in [0.2, 0.25) is 0 Å². The molecular formula is C22H21N3O2S2. The predicted octanol–water partition coefficient (Wildman–Crippen LogP) is 4.43. The van der Waals surface area contributed by atoms with Crippen molar-refractivity contribution in [1.29, 1.82) is 0 Å². The van der Waals surface area contributed by atoms with Crippen LogP contribution in [-0.2, 0) is 12.8 Å². The molecule has 0 fully saturated rings. The first-order valence-electron chi connectivity index (χ1n) is 9.38. The lowest BCUT2D eigenvalue weighted by Gasteiger charge is -2.15. The first-order valence-corrected chi connectivity index (χ1v) is 10.6. The number of hydrogen-bond acceptors (Lipinski definition) is 5.